The second kappa shape index (κ2) is 8.62. The van der Waals surface area contributed by atoms with Gasteiger partial charge in [0.25, 0.3) is 0 Å². The van der Waals surface area contributed by atoms with E-state index in [1.54, 1.807) is 24.0 Å². The molecule has 2 rings (SSSR count). The monoisotopic (exact) mass is 345 g/mol. The van der Waals surface area contributed by atoms with Gasteiger partial charge in [-0.3, -0.25) is 0 Å². The van der Waals surface area contributed by atoms with Gasteiger partial charge in [0.15, 0.2) is 5.82 Å². The first-order valence-corrected chi connectivity index (χ1v) is 8.55. The van der Waals surface area contributed by atoms with Crippen LogP contribution in [0.5, 0.6) is 0 Å². The highest BCUT2D eigenvalue weighted by atomic mass is 16.3. The Bertz CT molecular complexity index is 668. The summed E-state index contributed by atoms with van der Waals surface area (Å²) >= 11 is 0. The maximum absolute atomic E-state index is 11.9. The molecule has 2 amide bonds. The summed E-state index contributed by atoms with van der Waals surface area (Å²) in [5.41, 5.74) is 0.0214. The van der Waals surface area contributed by atoms with Crippen molar-refractivity contribution in [1.82, 2.24) is 25.4 Å². The molecule has 1 unspecified atom stereocenters. The van der Waals surface area contributed by atoms with Gasteiger partial charge in [-0.05, 0) is 49.4 Å². The number of nitrogens with one attached hydrogen (secondary N) is 2. The molecule has 0 spiro atoms. The van der Waals surface area contributed by atoms with E-state index in [4.69, 9.17) is 0 Å². The summed E-state index contributed by atoms with van der Waals surface area (Å²) in [6, 6.07) is 5.23. The average molecular weight is 345 g/mol. The number of hydrogen-bond donors (Lipinski definition) is 3. The van der Waals surface area contributed by atoms with E-state index in [1.807, 2.05) is 24.4 Å². The van der Waals surface area contributed by atoms with E-state index in [0.717, 1.165) is 12.0 Å². The molecular formula is C18H27N5O2. The second-order valence-electron chi connectivity index (χ2n) is 6.94. The van der Waals surface area contributed by atoms with Crippen LogP contribution < -0.4 is 10.6 Å². The summed E-state index contributed by atoms with van der Waals surface area (Å²) in [5.74, 6) is 1.22. The molecular weight excluding hydrogens is 318 g/mol. The van der Waals surface area contributed by atoms with Gasteiger partial charge in [0.2, 0.25) is 0 Å². The number of nitrogens with zero attached hydrogens (tertiary/aromatic N) is 3. The van der Waals surface area contributed by atoms with Crippen LogP contribution in [0.3, 0.4) is 0 Å². The van der Waals surface area contributed by atoms with Crippen LogP contribution in [0.1, 0.15) is 39.2 Å². The molecule has 2 heterocycles. The fourth-order valence-corrected chi connectivity index (χ4v) is 2.30. The molecule has 0 aromatic carbocycles. The van der Waals surface area contributed by atoms with Crippen molar-refractivity contribution in [2.45, 2.75) is 45.8 Å². The third-order valence-electron chi connectivity index (χ3n) is 3.89. The maximum atomic E-state index is 11.9. The van der Waals surface area contributed by atoms with Crippen molar-refractivity contribution in [2.24, 2.45) is 5.92 Å². The van der Waals surface area contributed by atoms with Gasteiger partial charge in [-0.2, -0.15) is 5.10 Å². The smallest absolute Gasteiger partial charge is 0.315 e. The van der Waals surface area contributed by atoms with E-state index in [2.05, 4.69) is 34.6 Å². The zero-order valence-corrected chi connectivity index (χ0v) is 15.1. The number of pyridine rings is 1. The molecule has 0 saturated heterocycles. The maximum Gasteiger partial charge on any atom is 0.315 e. The number of aromatic nitrogens is 3. The van der Waals surface area contributed by atoms with Gasteiger partial charge in [0.05, 0.1) is 5.60 Å². The normalized spacial score (nSPS) is 13.5. The second-order valence-corrected chi connectivity index (χ2v) is 6.94. The van der Waals surface area contributed by atoms with E-state index >= 15 is 0 Å². The number of aliphatic hydroxyl groups is 1. The van der Waals surface area contributed by atoms with Crippen molar-refractivity contribution >= 4 is 6.03 Å². The lowest BCUT2D eigenvalue weighted by molar-refractivity contribution is 0.0476. The Hall–Kier alpha value is -2.41. The standard InChI is InChI=1S/C18H27N5O2/c1-14(2)5-7-18(3,25)13-21-17(24)20-12-15-6-9-19-16(11-15)23-10-4-8-22-23/h4,6,8-11,14,25H,5,7,12-13H2,1-3H3,(H2,20,21,24). The van der Waals surface area contributed by atoms with Crippen LogP contribution in [0.2, 0.25) is 0 Å². The molecule has 1 atom stereocenters. The van der Waals surface area contributed by atoms with E-state index in [-0.39, 0.29) is 12.6 Å². The molecule has 3 N–H and O–H groups in total. The predicted octanol–water partition coefficient (Wildman–Crippen LogP) is 2.25. The van der Waals surface area contributed by atoms with Crippen molar-refractivity contribution in [3.8, 4) is 5.82 Å². The molecule has 136 valence electrons. The third-order valence-corrected chi connectivity index (χ3v) is 3.89. The van der Waals surface area contributed by atoms with Crippen LogP contribution >= 0.6 is 0 Å². The van der Waals surface area contributed by atoms with Gasteiger partial charge in [-0.15, -0.1) is 0 Å². The van der Waals surface area contributed by atoms with Gasteiger partial charge in [0.1, 0.15) is 0 Å². The molecule has 2 aromatic heterocycles. The highest BCUT2D eigenvalue weighted by Crippen LogP contribution is 2.15. The van der Waals surface area contributed by atoms with Crippen LogP contribution in [0.25, 0.3) is 5.82 Å². The molecule has 0 bridgehead atoms. The first-order chi connectivity index (χ1) is 11.9. The molecule has 0 saturated carbocycles. The Labute approximate surface area is 148 Å². The van der Waals surface area contributed by atoms with Crippen LogP contribution in [0, 0.1) is 5.92 Å². The number of carbonyl (C=O) groups is 1. The molecule has 0 aliphatic heterocycles. The van der Waals surface area contributed by atoms with Crippen molar-refractivity contribution in [3.63, 3.8) is 0 Å². The van der Waals surface area contributed by atoms with Crippen molar-refractivity contribution in [3.05, 3.63) is 42.4 Å². The van der Waals surface area contributed by atoms with Gasteiger partial charge in [-0.25, -0.2) is 14.5 Å². The molecule has 0 aliphatic carbocycles. The van der Waals surface area contributed by atoms with Gasteiger partial charge < -0.3 is 15.7 Å². The van der Waals surface area contributed by atoms with Crippen LogP contribution in [0.4, 0.5) is 4.79 Å². The number of amides is 2. The Kier molecular flexibility index (Phi) is 6.52. The van der Waals surface area contributed by atoms with Crippen LogP contribution in [-0.2, 0) is 6.54 Å². The van der Waals surface area contributed by atoms with Gasteiger partial charge in [-0.1, -0.05) is 13.8 Å². The van der Waals surface area contributed by atoms with E-state index < -0.39 is 5.60 Å². The highest BCUT2D eigenvalue weighted by Gasteiger charge is 2.21. The number of hydrogen-bond acceptors (Lipinski definition) is 4. The fourth-order valence-electron chi connectivity index (χ4n) is 2.30. The third kappa shape index (κ3) is 6.54. The lowest BCUT2D eigenvalue weighted by atomic mass is 9.95. The van der Waals surface area contributed by atoms with E-state index in [1.165, 1.54) is 0 Å². The molecule has 7 heteroatoms. The Balaban J connectivity index is 1.79. The zero-order chi connectivity index (χ0) is 18.3. The van der Waals surface area contributed by atoms with Gasteiger partial charge >= 0.3 is 6.03 Å². The predicted molar refractivity (Wildman–Crippen MR) is 96.3 cm³/mol. The quantitative estimate of drug-likeness (QED) is 0.684. The van der Waals surface area contributed by atoms with Crippen molar-refractivity contribution in [1.29, 1.82) is 0 Å². The summed E-state index contributed by atoms with van der Waals surface area (Å²) in [6.07, 6.45) is 6.76. The topological polar surface area (TPSA) is 92.1 Å². The Morgan fingerprint density at radius 2 is 2.16 bits per heavy atom. The molecule has 2 aromatic rings. The van der Waals surface area contributed by atoms with E-state index in [9.17, 15) is 9.90 Å². The van der Waals surface area contributed by atoms with Crippen LogP contribution in [0.15, 0.2) is 36.8 Å². The summed E-state index contributed by atoms with van der Waals surface area (Å²) in [6.45, 7) is 6.57. The minimum absolute atomic E-state index is 0.223. The SMILES string of the molecule is CC(C)CCC(C)(O)CNC(=O)NCc1ccnc(-n2cccn2)c1. The molecule has 7 nitrogen and oxygen atoms in total. The Morgan fingerprint density at radius 1 is 1.36 bits per heavy atom. The average Bonchev–Trinajstić information content (AvgIpc) is 3.11. The van der Waals surface area contributed by atoms with Crippen molar-refractivity contribution < 1.29 is 9.90 Å². The van der Waals surface area contributed by atoms with Crippen LogP contribution in [-0.4, -0.2) is 38.0 Å². The fraction of sp³-hybridized carbons (Fsp3) is 0.500. The zero-order valence-electron chi connectivity index (χ0n) is 15.1. The number of urea groups is 1. The first-order valence-electron chi connectivity index (χ1n) is 8.55. The molecule has 0 radical (unpaired) electrons. The summed E-state index contributed by atoms with van der Waals surface area (Å²) in [4.78, 5) is 16.2. The van der Waals surface area contributed by atoms with Gasteiger partial charge in [0, 0.05) is 31.7 Å². The Morgan fingerprint density at radius 3 is 2.84 bits per heavy atom. The number of carbonyl (C=O) groups excluding carboxylic acids is 1. The lowest BCUT2D eigenvalue weighted by Crippen LogP contribution is -2.44. The minimum Gasteiger partial charge on any atom is -0.388 e. The summed E-state index contributed by atoms with van der Waals surface area (Å²) < 4.78 is 1.66. The lowest BCUT2D eigenvalue weighted by Gasteiger charge is -2.24. The van der Waals surface area contributed by atoms with E-state index in [0.29, 0.717) is 24.7 Å². The summed E-state index contributed by atoms with van der Waals surface area (Å²) in [7, 11) is 0. The largest absolute Gasteiger partial charge is 0.388 e. The number of rotatable bonds is 8. The molecule has 0 fully saturated rings. The molecule has 0 aliphatic rings. The summed E-state index contributed by atoms with van der Waals surface area (Å²) in [5, 5.41) is 19.9. The highest BCUT2D eigenvalue weighted by molar-refractivity contribution is 5.73. The minimum atomic E-state index is -0.897. The molecule has 25 heavy (non-hydrogen) atoms. The van der Waals surface area contributed by atoms with Crippen molar-refractivity contribution in [2.75, 3.05) is 6.54 Å². The first kappa shape index (κ1) is 18.9.